The van der Waals surface area contributed by atoms with E-state index in [9.17, 15) is 0 Å². The van der Waals surface area contributed by atoms with Crippen molar-refractivity contribution in [3.8, 4) is 0 Å². The van der Waals surface area contributed by atoms with Crippen LogP contribution in [0.5, 0.6) is 0 Å². The highest BCUT2D eigenvalue weighted by Gasteiger charge is 2.08. The lowest BCUT2D eigenvalue weighted by Crippen LogP contribution is -2.07. The number of rotatable bonds is 3. The number of halogens is 1. The van der Waals surface area contributed by atoms with Gasteiger partial charge in [0.2, 0.25) is 0 Å². The molecule has 0 N–H and O–H groups in total. The maximum atomic E-state index is 5.74. The number of alkyl halides is 1. The highest BCUT2D eigenvalue weighted by molar-refractivity contribution is 6.17. The van der Waals surface area contributed by atoms with E-state index in [1.54, 1.807) is 0 Å². The minimum absolute atomic E-state index is 0.474. The predicted molar refractivity (Wildman–Crippen MR) is 51.5 cm³/mol. The molecule has 1 atom stereocenters. The van der Waals surface area contributed by atoms with Crippen molar-refractivity contribution < 1.29 is 0 Å². The van der Waals surface area contributed by atoms with Crippen LogP contribution in [0.3, 0.4) is 0 Å². The second-order valence-corrected chi connectivity index (χ2v) is 3.36. The van der Waals surface area contributed by atoms with Gasteiger partial charge < -0.3 is 0 Å². The molecule has 0 amide bonds. The normalized spacial score (nSPS) is 13.3. The molecule has 0 saturated carbocycles. The van der Waals surface area contributed by atoms with Crippen LogP contribution in [0.25, 0.3) is 0 Å². The van der Waals surface area contributed by atoms with Gasteiger partial charge in [-0.2, -0.15) is 5.10 Å². The zero-order valence-corrected chi connectivity index (χ0v) is 8.60. The van der Waals surface area contributed by atoms with Crippen LogP contribution in [0, 0.1) is 6.92 Å². The first-order valence-electron chi connectivity index (χ1n) is 4.29. The smallest absolute Gasteiger partial charge is 0.0536 e. The van der Waals surface area contributed by atoms with Crippen LogP contribution >= 0.6 is 11.6 Å². The van der Waals surface area contributed by atoms with E-state index in [-0.39, 0.29) is 0 Å². The van der Waals surface area contributed by atoms with Gasteiger partial charge in [-0.05, 0) is 20.3 Å². The molecule has 1 aromatic rings. The summed E-state index contributed by atoms with van der Waals surface area (Å²) < 4.78 is 2.04. The highest BCUT2D eigenvalue weighted by Crippen LogP contribution is 2.16. The molecular formula is C9H15ClN2. The van der Waals surface area contributed by atoms with Gasteiger partial charge in [0, 0.05) is 17.3 Å². The van der Waals surface area contributed by atoms with E-state index in [0.717, 1.165) is 12.0 Å². The van der Waals surface area contributed by atoms with Crippen molar-refractivity contribution in [2.45, 2.75) is 39.1 Å². The molecule has 1 aromatic heterocycles. The number of hydrogen-bond acceptors (Lipinski definition) is 1. The molecule has 3 heteroatoms. The zero-order valence-electron chi connectivity index (χ0n) is 7.84. The molecular weight excluding hydrogens is 172 g/mol. The molecule has 1 rings (SSSR count). The number of aromatic nitrogens is 2. The summed E-state index contributed by atoms with van der Waals surface area (Å²) in [4.78, 5) is 0. The molecule has 0 radical (unpaired) electrons. The Morgan fingerprint density at radius 3 is 2.75 bits per heavy atom. The maximum Gasteiger partial charge on any atom is 0.0536 e. The molecule has 68 valence electrons. The second-order valence-electron chi connectivity index (χ2n) is 3.09. The van der Waals surface area contributed by atoms with Crippen LogP contribution in [0.2, 0.25) is 0 Å². The van der Waals surface area contributed by atoms with Crippen molar-refractivity contribution in [1.82, 2.24) is 9.78 Å². The Morgan fingerprint density at radius 2 is 2.33 bits per heavy atom. The summed E-state index contributed by atoms with van der Waals surface area (Å²) in [5.41, 5.74) is 2.33. The summed E-state index contributed by atoms with van der Waals surface area (Å²) in [5, 5.41) is 4.29. The van der Waals surface area contributed by atoms with Crippen molar-refractivity contribution in [3.05, 3.63) is 17.5 Å². The van der Waals surface area contributed by atoms with Crippen LogP contribution in [0.4, 0.5) is 0 Å². The third kappa shape index (κ3) is 1.63. The molecule has 1 heterocycles. The lowest BCUT2D eigenvalue weighted by atomic mass is 10.2. The average molecular weight is 187 g/mol. The van der Waals surface area contributed by atoms with E-state index in [0.29, 0.717) is 11.9 Å². The molecule has 0 spiro atoms. The van der Waals surface area contributed by atoms with Crippen molar-refractivity contribution in [2.24, 2.45) is 0 Å². The van der Waals surface area contributed by atoms with Gasteiger partial charge in [0.1, 0.15) is 0 Å². The fraction of sp³-hybridized carbons (Fsp3) is 0.667. The van der Waals surface area contributed by atoms with Crippen LogP contribution in [-0.4, -0.2) is 9.78 Å². The lowest BCUT2D eigenvalue weighted by molar-refractivity contribution is 0.467. The summed E-state index contributed by atoms with van der Waals surface area (Å²) in [6, 6.07) is 0.474. The third-order valence-corrected chi connectivity index (χ3v) is 2.59. The fourth-order valence-corrected chi connectivity index (χ4v) is 1.47. The van der Waals surface area contributed by atoms with Crippen LogP contribution in [0.15, 0.2) is 6.20 Å². The topological polar surface area (TPSA) is 17.8 Å². The minimum Gasteiger partial charge on any atom is -0.267 e. The monoisotopic (exact) mass is 186 g/mol. The molecule has 1 unspecified atom stereocenters. The molecule has 0 bridgehead atoms. The van der Waals surface area contributed by atoms with E-state index < -0.39 is 0 Å². The first-order valence-corrected chi connectivity index (χ1v) is 4.83. The maximum absolute atomic E-state index is 5.74. The van der Waals surface area contributed by atoms with Gasteiger partial charge in [-0.3, -0.25) is 4.68 Å². The second kappa shape index (κ2) is 3.94. The summed E-state index contributed by atoms with van der Waals surface area (Å²) in [6.45, 7) is 6.39. The Hall–Kier alpha value is -0.500. The molecule has 0 saturated heterocycles. The first kappa shape index (κ1) is 9.59. The van der Waals surface area contributed by atoms with Gasteiger partial charge in [0.25, 0.3) is 0 Å². The van der Waals surface area contributed by atoms with E-state index in [4.69, 9.17) is 11.6 Å². The predicted octanol–water partition coefficient (Wildman–Crippen LogP) is 2.90. The quantitative estimate of drug-likeness (QED) is 0.664. The van der Waals surface area contributed by atoms with Gasteiger partial charge in [-0.25, -0.2) is 0 Å². The minimum atomic E-state index is 0.474. The summed E-state index contributed by atoms with van der Waals surface area (Å²) >= 11 is 5.74. The Balaban J connectivity index is 2.93. The van der Waals surface area contributed by atoms with E-state index in [1.807, 2.05) is 10.9 Å². The number of hydrogen-bond donors (Lipinski definition) is 0. The van der Waals surface area contributed by atoms with Crippen LogP contribution in [-0.2, 0) is 5.88 Å². The molecule has 0 aliphatic rings. The molecule has 0 fully saturated rings. The zero-order chi connectivity index (χ0) is 9.14. The Labute approximate surface area is 78.5 Å². The van der Waals surface area contributed by atoms with Gasteiger partial charge in [-0.15, -0.1) is 11.6 Å². The van der Waals surface area contributed by atoms with Gasteiger partial charge in [0.05, 0.1) is 12.1 Å². The van der Waals surface area contributed by atoms with Crippen molar-refractivity contribution in [2.75, 3.05) is 0 Å². The summed E-state index contributed by atoms with van der Waals surface area (Å²) in [6.07, 6.45) is 2.96. The molecule has 2 nitrogen and oxygen atoms in total. The van der Waals surface area contributed by atoms with E-state index in [2.05, 4.69) is 25.9 Å². The molecule has 0 aliphatic carbocycles. The van der Waals surface area contributed by atoms with E-state index in [1.165, 1.54) is 5.69 Å². The van der Waals surface area contributed by atoms with Crippen molar-refractivity contribution in [1.29, 1.82) is 0 Å². The standard InChI is InChI=1S/C9H15ClN2/c1-4-7(2)12-8(3)9(5-10)6-11-12/h6-7H,4-5H2,1-3H3. The van der Waals surface area contributed by atoms with Gasteiger partial charge in [-0.1, -0.05) is 6.92 Å². The van der Waals surface area contributed by atoms with Crippen molar-refractivity contribution in [3.63, 3.8) is 0 Å². The first-order chi connectivity index (χ1) is 5.70. The fourth-order valence-electron chi connectivity index (χ4n) is 1.21. The van der Waals surface area contributed by atoms with Crippen molar-refractivity contribution >= 4 is 11.6 Å². The van der Waals surface area contributed by atoms with E-state index >= 15 is 0 Å². The SMILES string of the molecule is CCC(C)n1ncc(CCl)c1C. The van der Waals surface area contributed by atoms with Crippen LogP contribution in [0.1, 0.15) is 37.6 Å². The van der Waals surface area contributed by atoms with Gasteiger partial charge in [0.15, 0.2) is 0 Å². The molecule has 0 aliphatic heterocycles. The molecule has 12 heavy (non-hydrogen) atoms. The van der Waals surface area contributed by atoms with Crippen LogP contribution < -0.4 is 0 Å². The van der Waals surface area contributed by atoms with Gasteiger partial charge >= 0.3 is 0 Å². The average Bonchev–Trinajstić information content (AvgIpc) is 2.45. The summed E-state index contributed by atoms with van der Waals surface area (Å²) in [7, 11) is 0. The number of nitrogens with zero attached hydrogens (tertiary/aromatic N) is 2. The molecule has 0 aromatic carbocycles. The highest BCUT2D eigenvalue weighted by atomic mass is 35.5. The largest absolute Gasteiger partial charge is 0.267 e. The lowest BCUT2D eigenvalue weighted by Gasteiger charge is -2.11. The third-order valence-electron chi connectivity index (χ3n) is 2.30. The Kier molecular flexibility index (Phi) is 3.15. The Bertz CT molecular complexity index is 255. The Morgan fingerprint density at radius 1 is 1.67 bits per heavy atom. The summed E-state index contributed by atoms with van der Waals surface area (Å²) in [5.74, 6) is 0.558.